The maximum atomic E-state index is 13.3. The summed E-state index contributed by atoms with van der Waals surface area (Å²) >= 11 is 0. The highest BCUT2D eigenvalue weighted by atomic mass is 19.1. The fourth-order valence-electron chi connectivity index (χ4n) is 1.48. The molecule has 0 spiro atoms. The molecule has 0 saturated carbocycles. The van der Waals surface area contributed by atoms with Gasteiger partial charge in [0.25, 0.3) is 0 Å². The van der Waals surface area contributed by atoms with Gasteiger partial charge < -0.3 is 5.32 Å². The van der Waals surface area contributed by atoms with Gasteiger partial charge in [-0.1, -0.05) is 12.1 Å². The third-order valence-electron chi connectivity index (χ3n) is 2.37. The Bertz CT molecular complexity index is 316. The largest absolute Gasteiger partial charge is 0.316 e. The van der Waals surface area contributed by atoms with Gasteiger partial charge in [-0.25, -0.2) is 8.78 Å². The first kappa shape index (κ1) is 11.9. The molecular weight excluding hydrogens is 196 g/mol. The van der Waals surface area contributed by atoms with E-state index < -0.39 is 11.6 Å². The number of halogens is 2. The number of hydrogen-bond acceptors (Lipinski definition) is 1. The van der Waals surface area contributed by atoms with Gasteiger partial charge >= 0.3 is 0 Å². The standard InChI is InChI=1S/C12H15F2N/c1-3-5-9(15-2)8-10-11(13)6-4-7-12(10)14/h3-4,6-7,9,15H,1,5,8H2,2H3. The van der Waals surface area contributed by atoms with E-state index >= 15 is 0 Å². The van der Waals surface area contributed by atoms with E-state index in [2.05, 4.69) is 11.9 Å². The summed E-state index contributed by atoms with van der Waals surface area (Å²) in [5.41, 5.74) is 0.138. The van der Waals surface area contributed by atoms with Crippen LogP contribution in [0.4, 0.5) is 8.78 Å². The molecule has 1 N–H and O–H groups in total. The SMILES string of the molecule is C=CCC(Cc1c(F)cccc1F)NC. The zero-order valence-electron chi connectivity index (χ0n) is 8.76. The number of hydrogen-bond donors (Lipinski definition) is 1. The Balaban J connectivity index is 2.82. The van der Waals surface area contributed by atoms with Crippen LogP contribution < -0.4 is 5.32 Å². The predicted octanol–water partition coefficient (Wildman–Crippen LogP) is 2.67. The van der Waals surface area contributed by atoms with Crippen LogP contribution in [0.5, 0.6) is 0 Å². The molecule has 82 valence electrons. The van der Waals surface area contributed by atoms with Crippen molar-refractivity contribution in [3.8, 4) is 0 Å². The first-order valence-corrected chi connectivity index (χ1v) is 4.90. The molecular formula is C12H15F2N. The zero-order chi connectivity index (χ0) is 11.3. The van der Waals surface area contributed by atoms with E-state index in [0.717, 1.165) is 0 Å². The summed E-state index contributed by atoms with van der Waals surface area (Å²) in [4.78, 5) is 0. The van der Waals surface area contributed by atoms with E-state index in [0.29, 0.717) is 12.8 Å². The fraction of sp³-hybridized carbons (Fsp3) is 0.333. The second kappa shape index (κ2) is 5.61. The molecule has 0 fully saturated rings. The molecule has 1 rings (SSSR count). The van der Waals surface area contributed by atoms with Gasteiger partial charge in [-0.05, 0) is 32.0 Å². The third kappa shape index (κ3) is 3.13. The summed E-state index contributed by atoms with van der Waals surface area (Å²) in [6.07, 6.45) is 2.76. The van der Waals surface area contributed by atoms with Crippen molar-refractivity contribution in [2.45, 2.75) is 18.9 Å². The first-order valence-electron chi connectivity index (χ1n) is 4.90. The van der Waals surface area contributed by atoms with Crippen LogP contribution in [-0.2, 0) is 6.42 Å². The van der Waals surface area contributed by atoms with E-state index in [1.54, 1.807) is 13.1 Å². The van der Waals surface area contributed by atoms with Crippen molar-refractivity contribution in [2.24, 2.45) is 0 Å². The van der Waals surface area contributed by atoms with E-state index in [4.69, 9.17) is 0 Å². The molecule has 1 aromatic carbocycles. The molecule has 1 unspecified atom stereocenters. The Morgan fingerprint density at radius 2 is 2.00 bits per heavy atom. The van der Waals surface area contributed by atoms with E-state index in [1.807, 2.05) is 0 Å². The van der Waals surface area contributed by atoms with Crippen LogP contribution in [0.15, 0.2) is 30.9 Å². The molecule has 0 amide bonds. The molecule has 15 heavy (non-hydrogen) atoms. The highest BCUT2D eigenvalue weighted by molar-refractivity contribution is 5.20. The quantitative estimate of drug-likeness (QED) is 0.738. The summed E-state index contributed by atoms with van der Waals surface area (Å²) in [6.45, 7) is 3.61. The predicted molar refractivity (Wildman–Crippen MR) is 57.7 cm³/mol. The average Bonchev–Trinajstić information content (AvgIpc) is 2.22. The highest BCUT2D eigenvalue weighted by Crippen LogP contribution is 2.15. The molecule has 0 aliphatic rings. The van der Waals surface area contributed by atoms with Crippen molar-refractivity contribution in [1.82, 2.24) is 5.32 Å². The summed E-state index contributed by atoms with van der Waals surface area (Å²) in [7, 11) is 1.77. The lowest BCUT2D eigenvalue weighted by Crippen LogP contribution is -2.27. The van der Waals surface area contributed by atoms with Crippen molar-refractivity contribution in [3.05, 3.63) is 48.1 Å². The summed E-state index contributed by atoms with van der Waals surface area (Å²) in [6, 6.07) is 3.95. The van der Waals surface area contributed by atoms with Crippen LogP contribution >= 0.6 is 0 Å². The van der Waals surface area contributed by atoms with Crippen LogP contribution in [0.3, 0.4) is 0 Å². The smallest absolute Gasteiger partial charge is 0.129 e. The van der Waals surface area contributed by atoms with E-state index in [1.165, 1.54) is 18.2 Å². The topological polar surface area (TPSA) is 12.0 Å². The second-order valence-corrected chi connectivity index (χ2v) is 3.41. The molecule has 0 saturated heterocycles. The second-order valence-electron chi connectivity index (χ2n) is 3.41. The Hall–Kier alpha value is -1.22. The van der Waals surface area contributed by atoms with E-state index in [9.17, 15) is 8.78 Å². The van der Waals surface area contributed by atoms with E-state index in [-0.39, 0.29) is 11.6 Å². The minimum atomic E-state index is -0.487. The first-order chi connectivity index (χ1) is 7.19. The highest BCUT2D eigenvalue weighted by Gasteiger charge is 2.13. The zero-order valence-corrected chi connectivity index (χ0v) is 8.76. The normalized spacial score (nSPS) is 12.5. The van der Waals surface area contributed by atoms with Crippen LogP contribution in [0.2, 0.25) is 0 Å². The number of likely N-dealkylation sites (N-methyl/N-ethyl adjacent to an activating group) is 1. The Kier molecular flexibility index (Phi) is 4.43. The summed E-state index contributed by atoms with van der Waals surface area (Å²) < 4.78 is 26.6. The van der Waals surface area contributed by atoms with Gasteiger partial charge in [-0.15, -0.1) is 6.58 Å². The van der Waals surface area contributed by atoms with Crippen molar-refractivity contribution in [1.29, 1.82) is 0 Å². The lowest BCUT2D eigenvalue weighted by molar-refractivity contribution is 0.506. The van der Waals surface area contributed by atoms with Gasteiger partial charge in [-0.3, -0.25) is 0 Å². The Morgan fingerprint density at radius 3 is 2.47 bits per heavy atom. The third-order valence-corrected chi connectivity index (χ3v) is 2.37. The van der Waals surface area contributed by atoms with Crippen LogP contribution in [-0.4, -0.2) is 13.1 Å². The van der Waals surface area contributed by atoms with Gasteiger partial charge in [-0.2, -0.15) is 0 Å². The number of nitrogens with one attached hydrogen (secondary N) is 1. The van der Waals surface area contributed by atoms with Gasteiger partial charge in [0.1, 0.15) is 11.6 Å². The lowest BCUT2D eigenvalue weighted by atomic mass is 10.0. The minimum Gasteiger partial charge on any atom is -0.316 e. The van der Waals surface area contributed by atoms with Crippen LogP contribution in [0, 0.1) is 11.6 Å². The maximum absolute atomic E-state index is 13.3. The molecule has 1 nitrogen and oxygen atoms in total. The van der Waals surface area contributed by atoms with Crippen molar-refractivity contribution < 1.29 is 8.78 Å². The Morgan fingerprint density at radius 1 is 1.40 bits per heavy atom. The van der Waals surface area contributed by atoms with Gasteiger partial charge in [0, 0.05) is 11.6 Å². The van der Waals surface area contributed by atoms with Crippen molar-refractivity contribution in [3.63, 3.8) is 0 Å². The summed E-state index contributed by atoms with van der Waals surface area (Å²) in [5, 5.41) is 3.00. The average molecular weight is 211 g/mol. The van der Waals surface area contributed by atoms with Gasteiger partial charge in [0.15, 0.2) is 0 Å². The molecule has 0 aliphatic heterocycles. The number of rotatable bonds is 5. The minimum absolute atomic E-state index is 0.0221. The molecule has 1 aromatic rings. The molecule has 0 radical (unpaired) electrons. The monoisotopic (exact) mass is 211 g/mol. The lowest BCUT2D eigenvalue weighted by Gasteiger charge is -2.14. The van der Waals surface area contributed by atoms with Gasteiger partial charge in [0.05, 0.1) is 0 Å². The maximum Gasteiger partial charge on any atom is 0.129 e. The van der Waals surface area contributed by atoms with Crippen LogP contribution in [0.25, 0.3) is 0 Å². The van der Waals surface area contributed by atoms with Crippen LogP contribution in [0.1, 0.15) is 12.0 Å². The Labute approximate surface area is 88.8 Å². The molecule has 0 heterocycles. The molecule has 0 aromatic heterocycles. The number of benzene rings is 1. The molecule has 1 atom stereocenters. The van der Waals surface area contributed by atoms with Crippen molar-refractivity contribution in [2.75, 3.05) is 7.05 Å². The van der Waals surface area contributed by atoms with Crippen molar-refractivity contribution >= 4 is 0 Å². The molecule has 3 heteroatoms. The van der Waals surface area contributed by atoms with Gasteiger partial charge in [0.2, 0.25) is 0 Å². The summed E-state index contributed by atoms with van der Waals surface area (Å²) in [5.74, 6) is -0.973. The molecule has 0 bridgehead atoms. The molecule has 0 aliphatic carbocycles. The fourth-order valence-corrected chi connectivity index (χ4v) is 1.48.